The molecule has 0 aliphatic carbocycles. The number of rotatable bonds is 2. The van der Waals surface area contributed by atoms with Gasteiger partial charge in [0.15, 0.2) is 0 Å². The third-order valence-electron chi connectivity index (χ3n) is 4.37. The van der Waals surface area contributed by atoms with Gasteiger partial charge in [-0.1, -0.05) is 42.0 Å². The quantitative estimate of drug-likeness (QED) is 0.672. The van der Waals surface area contributed by atoms with Crippen LogP contribution in [-0.2, 0) is 4.79 Å². The minimum Gasteiger partial charge on any atom is -0.325 e. The lowest BCUT2D eigenvalue weighted by Crippen LogP contribution is -2.22. The number of amides is 1. The molecule has 0 saturated carbocycles. The Bertz CT molecular complexity index is 931. The molecule has 2 aromatic carbocycles. The summed E-state index contributed by atoms with van der Waals surface area (Å²) < 4.78 is 13.6. The summed E-state index contributed by atoms with van der Waals surface area (Å²) >= 11 is 1.63. The van der Waals surface area contributed by atoms with Crippen molar-refractivity contribution in [3.8, 4) is 11.1 Å². The smallest absolute Gasteiger partial charge is 0.225 e. The van der Waals surface area contributed by atoms with E-state index in [1.54, 1.807) is 17.4 Å². The number of hydrogen-bond donors (Lipinski definition) is 1. The first-order valence-corrected chi connectivity index (χ1v) is 8.73. The Hall–Kier alpha value is -2.46. The molecular weight excluding hydrogens is 321 g/mol. The third kappa shape index (κ3) is 2.63. The normalized spacial score (nSPS) is 16.6. The number of hydrogen-bond acceptors (Lipinski definition) is 2. The van der Waals surface area contributed by atoms with Crippen LogP contribution in [-0.4, -0.2) is 5.91 Å². The molecule has 4 rings (SSSR count). The zero-order chi connectivity index (χ0) is 16.7. The second-order valence-corrected chi connectivity index (χ2v) is 7.03. The van der Waals surface area contributed by atoms with Gasteiger partial charge in [0.25, 0.3) is 0 Å². The van der Waals surface area contributed by atoms with Crippen LogP contribution in [0.25, 0.3) is 11.1 Å². The van der Waals surface area contributed by atoms with E-state index in [0.717, 1.165) is 27.3 Å². The van der Waals surface area contributed by atoms with E-state index in [9.17, 15) is 9.18 Å². The van der Waals surface area contributed by atoms with Gasteiger partial charge in [-0.3, -0.25) is 4.79 Å². The number of benzene rings is 2. The number of aryl methyl sites for hydroxylation is 1. The number of thiophene rings is 1. The zero-order valence-corrected chi connectivity index (χ0v) is 14.0. The lowest BCUT2D eigenvalue weighted by molar-refractivity contribution is -0.116. The third-order valence-corrected chi connectivity index (χ3v) is 5.47. The standard InChI is InChI=1S/C20H16FNOS/c1-12-4-2-5-13(8-12)16-10-18(23)22-19-17(11-24-20(16)19)14-6-3-7-15(21)9-14/h2-9,11,16H,10H2,1H3,(H,22,23). The van der Waals surface area contributed by atoms with Crippen molar-refractivity contribution in [2.24, 2.45) is 0 Å². The average molecular weight is 337 g/mol. The fourth-order valence-corrected chi connectivity index (χ4v) is 4.41. The molecule has 1 aromatic heterocycles. The van der Waals surface area contributed by atoms with Gasteiger partial charge in [-0.25, -0.2) is 4.39 Å². The maximum absolute atomic E-state index is 13.6. The topological polar surface area (TPSA) is 29.1 Å². The van der Waals surface area contributed by atoms with Crippen molar-refractivity contribution >= 4 is 22.9 Å². The molecule has 0 fully saturated rings. The second-order valence-electron chi connectivity index (χ2n) is 6.12. The Labute approximate surface area is 144 Å². The lowest BCUT2D eigenvalue weighted by Gasteiger charge is -2.24. The van der Waals surface area contributed by atoms with Crippen LogP contribution in [0.4, 0.5) is 10.1 Å². The molecule has 0 saturated heterocycles. The zero-order valence-electron chi connectivity index (χ0n) is 13.2. The molecule has 1 N–H and O–H groups in total. The second kappa shape index (κ2) is 5.87. The van der Waals surface area contributed by atoms with Crippen molar-refractivity contribution in [3.05, 3.63) is 75.7 Å². The van der Waals surface area contributed by atoms with E-state index in [1.165, 1.54) is 17.7 Å². The largest absolute Gasteiger partial charge is 0.325 e. The van der Waals surface area contributed by atoms with Crippen LogP contribution in [0.1, 0.15) is 28.3 Å². The van der Waals surface area contributed by atoms with Gasteiger partial charge < -0.3 is 5.32 Å². The molecule has 0 spiro atoms. The van der Waals surface area contributed by atoms with E-state index in [4.69, 9.17) is 0 Å². The summed E-state index contributed by atoms with van der Waals surface area (Å²) in [5.74, 6) is -0.212. The maximum Gasteiger partial charge on any atom is 0.225 e. The van der Waals surface area contributed by atoms with Gasteiger partial charge >= 0.3 is 0 Å². The van der Waals surface area contributed by atoms with E-state index in [-0.39, 0.29) is 17.6 Å². The molecule has 1 atom stereocenters. The van der Waals surface area contributed by atoms with Crippen molar-refractivity contribution in [2.45, 2.75) is 19.3 Å². The monoisotopic (exact) mass is 337 g/mol. The van der Waals surface area contributed by atoms with E-state index >= 15 is 0 Å². The number of nitrogens with one attached hydrogen (secondary N) is 1. The first kappa shape index (κ1) is 15.1. The van der Waals surface area contributed by atoms with Crippen LogP contribution in [0.2, 0.25) is 0 Å². The Morgan fingerprint density at radius 3 is 2.79 bits per heavy atom. The predicted molar refractivity (Wildman–Crippen MR) is 96.0 cm³/mol. The molecule has 4 heteroatoms. The Morgan fingerprint density at radius 1 is 1.17 bits per heavy atom. The molecular formula is C20H16FNOS. The van der Waals surface area contributed by atoms with Gasteiger partial charge in [-0.2, -0.15) is 0 Å². The van der Waals surface area contributed by atoms with Crippen LogP contribution in [0, 0.1) is 12.7 Å². The highest BCUT2D eigenvalue weighted by Gasteiger charge is 2.30. The van der Waals surface area contributed by atoms with E-state index in [2.05, 4.69) is 30.4 Å². The van der Waals surface area contributed by atoms with Crippen molar-refractivity contribution in [3.63, 3.8) is 0 Å². The predicted octanol–water partition coefficient (Wildman–Crippen LogP) is 5.34. The van der Waals surface area contributed by atoms with Crippen molar-refractivity contribution in [1.82, 2.24) is 0 Å². The van der Waals surface area contributed by atoms with Gasteiger partial charge in [0.2, 0.25) is 5.91 Å². The number of anilines is 1. The maximum atomic E-state index is 13.6. The number of carbonyl (C=O) groups is 1. The van der Waals surface area contributed by atoms with E-state index < -0.39 is 0 Å². The molecule has 0 bridgehead atoms. The van der Waals surface area contributed by atoms with Crippen LogP contribution in [0.5, 0.6) is 0 Å². The first-order chi connectivity index (χ1) is 11.6. The molecule has 120 valence electrons. The summed E-state index contributed by atoms with van der Waals surface area (Å²) in [6, 6.07) is 14.8. The summed E-state index contributed by atoms with van der Waals surface area (Å²) in [5.41, 5.74) is 4.84. The van der Waals surface area contributed by atoms with Crippen LogP contribution in [0.3, 0.4) is 0 Å². The minimum atomic E-state index is -0.273. The summed E-state index contributed by atoms with van der Waals surface area (Å²) in [6.45, 7) is 2.06. The minimum absolute atomic E-state index is 0.00468. The van der Waals surface area contributed by atoms with Gasteiger partial charge in [0.1, 0.15) is 5.82 Å². The molecule has 2 nitrogen and oxygen atoms in total. The molecule has 0 radical (unpaired) electrons. The van der Waals surface area contributed by atoms with Crippen molar-refractivity contribution in [1.29, 1.82) is 0 Å². The number of fused-ring (bicyclic) bond motifs is 1. The highest BCUT2D eigenvalue weighted by Crippen LogP contribution is 2.46. The Kier molecular flexibility index (Phi) is 3.69. The van der Waals surface area contributed by atoms with Gasteiger partial charge in [-0.15, -0.1) is 11.3 Å². The molecule has 1 aliphatic rings. The van der Waals surface area contributed by atoms with Crippen LogP contribution >= 0.6 is 11.3 Å². The summed E-state index contributed by atoms with van der Waals surface area (Å²) in [4.78, 5) is 13.4. The Morgan fingerprint density at radius 2 is 2.00 bits per heavy atom. The lowest BCUT2D eigenvalue weighted by atomic mass is 9.88. The van der Waals surface area contributed by atoms with Gasteiger partial charge in [0.05, 0.1) is 5.69 Å². The van der Waals surface area contributed by atoms with Gasteiger partial charge in [0, 0.05) is 28.2 Å². The SMILES string of the molecule is Cc1cccc(C2CC(=O)Nc3c(-c4cccc(F)c4)csc32)c1. The highest BCUT2D eigenvalue weighted by molar-refractivity contribution is 7.11. The van der Waals surface area contributed by atoms with Crippen LogP contribution < -0.4 is 5.32 Å². The molecule has 3 aromatic rings. The molecule has 1 amide bonds. The van der Waals surface area contributed by atoms with Crippen LogP contribution in [0.15, 0.2) is 53.9 Å². The fraction of sp³-hybridized carbons (Fsp3) is 0.150. The fourth-order valence-electron chi connectivity index (χ4n) is 3.25. The summed E-state index contributed by atoms with van der Waals surface area (Å²) in [6.07, 6.45) is 0.444. The molecule has 24 heavy (non-hydrogen) atoms. The summed E-state index contributed by atoms with van der Waals surface area (Å²) in [5, 5.41) is 5.00. The number of carbonyl (C=O) groups excluding carboxylic acids is 1. The number of halogens is 1. The average Bonchev–Trinajstić information content (AvgIpc) is 2.97. The molecule has 1 unspecified atom stereocenters. The van der Waals surface area contributed by atoms with E-state index in [0.29, 0.717) is 6.42 Å². The van der Waals surface area contributed by atoms with Crippen molar-refractivity contribution < 1.29 is 9.18 Å². The van der Waals surface area contributed by atoms with E-state index in [1.807, 2.05) is 17.5 Å². The highest BCUT2D eigenvalue weighted by atomic mass is 32.1. The first-order valence-electron chi connectivity index (χ1n) is 7.85. The summed E-state index contributed by atoms with van der Waals surface area (Å²) in [7, 11) is 0. The van der Waals surface area contributed by atoms with Crippen molar-refractivity contribution in [2.75, 3.05) is 5.32 Å². The Balaban J connectivity index is 1.83. The molecule has 2 heterocycles. The van der Waals surface area contributed by atoms with Gasteiger partial charge in [-0.05, 0) is 30.2 Å². The molecule has 1 aliphatic heterocycles.